The van der Waals surface area contributed by atoms with Crippen molar-refractivity contribution in [2.24, 2.45) is 0 Å². The fourth-order valence-electron chi connectivity index (χ4n) is 3.27. The van der Waals surface area contributed by atoms with Crippen LogP contribution in [0.2, 0.25) is 5.02 Å². The zero-order chi connectivity index (χ0) is 21.4. The Bertz CT molecular complexity index is 1270. The van der Waals surface area contributed by atoms with Gasteiger partial charge in [0.1, 0.15) is 22.3 Å². The lowest BCUT2D eigenvalue weighted by Crippen LogP contribution is -2.03. The molecule has 4 aromatic rings. The van der Waals surface area contributed by atoms with Gasteiger partial charge < -0.3 is 10.1 Å². The van der Waals surface area contributed by atoms with Crippen LogP contribution in [0.5, 0.6) is 0 Å². The van der Waals surface area contributed by atoms with E-state index >= 15 is 0 Å². The van der Waals surface area contributed by atoms with Crippen LogP contribution in [0.15, 0.2) is 42.5 Å². The third kappa shape index (κ3) is 3.74. The molecular weight excluding hydrogens is 425 g/mol. The van der Waals surface area contributed by atoms with Gasteiger partial charge >= 0.3 is 5.97 Å². The minimum atomic E-state index is -0.461. The minimum absolute atomic E-state index is 0.298. The number of carbonyl (C=O) groups excluding carboxylic acids is 1. The molecule has 30 heavy (non-hydrogen) atoms. The fourth-order valence-corrected chi connectivity index (χ4v) is 4.52. The molecule has 0 aliphatic rings. The molecule has 2 aromatic heterocycles. The topological polar surface area (TPSA) is 64.1 Å². The molecular formula is C22H17ClFN3O2S. The molecule has 0 atom stereocenters. The number of nitrogens with one attached hydrogen (secondary N) is 1. The Balaban J connectivity index is 1.89. The normalized spacial score (nSPS) is 11.0. The van der Waals surface area contributed by atoms with Crippen LogP contribution >= 0.6 is 22.9 Å². The fraction of sp³-hybridized carbons (Fsp3) is 0.136. The maximum atomic E-state index is 13.5. The SMILES string of the molecule is COC(=O)c1ccc(Cl)c(Nc2nc(C)nc3sc(C)c(-c4ccc(F)cc4)c23)c1. The number of nitrogens with zero attached hydrogens (tertiary/aromatic N) is 2. The maximum absolute atomic E-state index is 13.5. The molecule has 0 aliphatic heterocycles. The van der Waals surface area contributed by atoms with Gasteiger partial charge in [-0.3, -0.25) is 0 Å². The molecule has 2 heterocycles. The van der Waals surface area contributed by atoms with Gasteiger partial charge in [0.05, 0.1) is 28.8 Å². The van der Waals surface area contributed by atoms with E-state index < -0.39 is 5.97 Å². The van der Waals surface area contributed by atoms with Crippen molar-refractivity contribution in [1.29, 1.82) is 0 Å². The van der Waals surface area contributed by atoms with Crippen molar-refractivity contribution in [1.82, 2.24) is 9.97 Å². The molecule has 0 spiro atoms. The van der Waals surface area contributed by atoms with E-state index in [4.69, 9.17) is 16.3 Å². The predicted molar refractivity (Wildman–Crippen MR) is 118 cm³/mol. The number of halogens is 2. The van der Waals surface area contributed by atoms with Crippen molar-refractivity contribution in [3.05, 3.63) is 69.6 Å². The van der Waals surface area contributed by atoms with Crippen LogP contribution < -0.4 is 5.32 Å². The predicted octanol–water partition coefficient (Wildman–Crippen LogP) is 6.30. The van der Waals surface area contributed by atoms with Gasteiger partial charge in [0.2, 0.25) is 0 Å². The zero-order valence-electron chi connectivity index (χ0n) is 16.4. The van der Waals surface area contributed by atoms with Gasteiger partial charge in [-0.05, 0) is 49.7 Å². The molecule has 0 fully saturated rings. The van der Waals surface area contributed by atoms with Crippen LogP contribution in [-0.2, 0) is 4.74 Å². The summed E-state index contributed by atoms with van der Waals surface area (Å²) in [5.74, 6) is 0.396. The van der Waals surface area contributed by atoms with Gasteiger partial charge in [-0.25, -0.2) is 19.2 Å². The number of hydrogen-bond acceptors (Lipinski definition) is 6. The number of benzene rings is 2. The highest BCUT2D eigenvalue weighted by Gasteiger charge is 2.19. The number of fused-ring (bicyclic) bond motifs is 1. The number of thiophene rings is 1. The molecule has 8 heteroatoms. The highest BCUT2D eigenvalue weighted by atomic mass is 35.5. The summed E-state index contributed by atoms with van der Waals surface area (Å²) in [5, 5.41) is 4.50. The lowest BCUT2D eigenvalue weighted by atomic mass is 10.0. The largest absolute Gasteiger partial charge is 0.465 e. The van der Waals surface area contributed by atoms with Crippen LogP contribution in [0.25, 0.3) is 21.3 Å². The number of methoxy groups -OCH3 is 1. The molecule has 152 valence electrons. The van der Waals surface area contributed by atoms with Gasteiger partial charge in [-0.2, -0.15) is 0 Å². The van der Waals surface area contributed by atoms with E-state index in [2.05, 4.69) is 15.3 Å². The first-order valence-corrected chi connectivity index (χ1v) is 10.3. The number of esters is 1. The van der Waals surface area contributed by atoms with Crippen molar-refractivity contribution >= 4 is 50.6 Å². The summed E-state index contributed by atoms with van der Waals surface area (Å²) in [6.45, 7) is 3.80. The number of rotatable bonds is 4. The summed E-state index contributed by atoms with van der Waals surface area (Å²) in [6, 6.07) is 11.2. The molecule has 0 saturated heterocycles. The Kier molecular flexibility index (Phi) is 5.40. The van der Waals surface area contributed by atoms with E-state index in [-0.39, 0.29) is 5.82 Å². The molecule has 0 amide bonds. The first-order valence-electron chi connectivity index (χ1n) is 9.06. The summed E-state index contributed by atoms with van der Waals surface area (Å²) < 4.78 is 18.2. The Labute approximate surface area is 181 Å². The molecule has 2 aromatic carbocycles. The minimum Gasteiger partial charge on any atom is -0.465 e. The average molecular weight is 442 g/mol. The standard InChI is InChI=1S/C22H17ClFN3O2S/c1-11-18(13-4-7-15(24)8-5-13)19-20(25-12(2)26-21(19)30-11)27-17-10-14(22(28)29-3)6-9-16(17)23/h4-10H,1-3H3,(H,25,26,27). The summed E-state index contributed by atoms with van der Waals surface area (Å²) in [7, 11) is 1.32. The second-order valence-corrected chi connectivity index (χ2v) is 8.26. The quantitative estimate of drug-likeness (QED) is 0.376. The smallest absolute Gasteiger partial charge is 0.337 e. The number of aromatic nitrogens is 2. The Morgan fingerprint density at radius 3 is 2.57 bits per heavy atom. The van der Waals surface area contributed by atoms with E-state index in [0.29, 0.717) is 27.9 Å². The molecule has 0 radical (unpaired) electrons. The number of aryl methyl sites for hydroxylation is 2. The van der Waals surface area contributed by atoms with E-state index in [0.717, 1.165) is 26.2 Å². The van der Waals surface area contributed by atoms with E-state index in [1.54, 1.807) is 41.7 Å². The van der Waals surface area contributed by atoms with Crippen molar-refractivity contribution in [3.8, 4) is 11.1 Å². The first-order chi connectivity index (χ1) is 14.4. The molecule has 0 saturated carbocycles. The van der Waals surface area contributed by atoms with Crippen molar-refractivity contribution in [2.45, 2.75) is 13.8 Å². The third-order valence-corrected chi connectivity index (χ3v) is 5.94. The average Bonchev–Trinajstić information content (AvgIpc) is 3.05. The van der Waals surface area contributed by atoms with E-state index in [9.17, 15) is 9.18 Å². The van der Waals surface area contributed by atoms with Gasteiger partial charge in [0.15, 0.2) is 0 Å². The molecule has 5 nitrogen and oxygen atoms in total. The number of carbonyl (C=O) groups is 1. The zero-order valence-corrected chi connectivity index (χ0v) is 18.0. The molecule has 0 unspecified atom stereocenters. The molecule has 0 bridgehead atoms. The monoisotopic (exact) mass is 441 g/mol. The summed E-state index contributed by atoms with van der Waals surface area (Å²) in [4.78, 5) is 22.9. The highest BCUT2D eigenvalue weighted by molar-refractivity contribution is 7.19. The van der Waals surface area contributed by atoms with Crippen LogP contribution in [0.3, 0.4) is 0 Å². The first kappa shape index (κ1) is 20.3. The van der Waals surface area contributed by atoms with Gasteiger partial charge in [0, 0.05) is 10.4 Å². The summed E-state index contributed by atoms with van der Waals surface area (Å²) in [6.07, 6.45) is 0. The third-order valence-electron chi connectivity index (χ3n) is 4.61. The van der Waals surface area contributed by atoms with Crippen molar-refractivity contribution < 1.29 is 13.9 Å². The van der Waals surface area contributed by atoms with Gasteiger partial charge in [-0.1, -0.05) is 23.7 Å². The van der Waals surface area contributed by atoms with Gasteiger partial charge in [0.25, 0.3) is 0 Å². The summed E-state index contributed by atoms with van der Waals surface area (Å²) >= 11 is 7.91. The lowest BCUT2D eigenvalue weighted by Gasteiger charge is -2.12. The lowest BCUT2D eigenvalue weighted by molar-refractivity contribution is 0.0601. The van der Waals surface area contributed by atoms with Gasteiger partial charge in [-0.15, -0.1) is 11.3 Å². The highest BCUT2D eigenvalue weighted by Crippen LogP contribution is 2.42. The molecule has 0 aliphatic carbocycles. The number of anilines is 2. The van der Waals surface area contributed by atoms with E-state index in [1.807, 2.05) is 13.8 Å². The van der Waals surface area contributed by atoms with Crippen LogP contribution in [0.4, 0.5) is 15.9 Å². The Morgan fingerprint density at radius 2 is 1.87 bits per heavy atom. The van der Waals surface area contributed by atoms with Crippen LogP contribution in [0.1, 0.15) is 21.1 Å². The van der Waals surface area contributed by atoms with Crippen molar-refractivity contribution in [2.75, 3.05) is 12.4 Å². The van der Waals surface area contributed by atoms with Crippen LogP contribution in [0, 0.1) is 19.7 Å². The van der Waals surface area contributed by atoms with Crippen molar-refractivity contribution in [3.63, 3.8) is 0 Å². The maximum Gasteiger partial charge on any atom is 0.337 e. The second kappa shape index (κ2) is 8.01. The Hall–Kier alpha value is -3.03. The molecule has 1 N–H and O–H groups in total. The summed E-state index contributed by atoms with van der Waals surface area (Å²) in [5.41, 5.74) is 2.68. The number of hydrogen-bond donors (Lipinski definition) is 1. The number of ether oxygens (including phenoxy) is 1. The van der Waals surface area contributed by atoms with Crippen LogP contribution in [-0.4, -0.2) is 23.0 Å². The second-order valence-electron chi connectivity index (χ2n) is 6.65. The molecule has 4 rings (SSSR count). The van der Waals surface area contributed by atoms with E-state index in [1.165, 1.54) is 19.2 Å². The Morgan fingerprint density at radius 1 is 1.13 bits per heavy atom.